The quantitative estimate of drug-likeness (QED) is 0.457. The van der Waals surface area contributed by atoms with Crippen LogP contribution in [-0.2, 0) is 8.87 Å². The fourth-order valence-corrected chi connectivity index (χ4v) is 6.49. The highest BCUT2D eigenvalue weighted by Crippen LogP contribution is 2.36. The molecule has 0 bridgehead atoms. The smallest absolute Gasteiger partial charge is 0.238 e. The van der Waals surface area contributed by atoms with E-state index in [0.29, 0.717) is 19.6 Å². The maximum absolute atomic E-state index is 12.4. The SMILES string of the molecule is O=S(=O)(Sc1nc2ccccc2s1)c1cnc(Cl)c(Br)c1. The molecule has 0 atom stereocenters. The number of rotatable bonds is 3. The molecule has 0 aliphatic carbocycles. The number of thiazole rings is 1. The first kappa shape index (κ1) is 15.2. The Hall–Kier alpha value is -0.670. The zero-order chi connectivity index (χ0) is 15.0. The first-order chi connectivity index (χ1) is 9.95. The average molecular weight is 422 g/mol. The number of halogens is 2. The van der Waals surface area contributed by atoms with Gasteiger partial charge in [-0.3, -0.25) is 0 Å². The van der Waals surface area contributed by atoms with Gasteiger partial charge in [-0.05, 0) is 34.1 Å². The Bertz CT molecular complexity index is 894. The Balaban J connectivity index is 1.96. The number of aromatic nitrogens is 2. The largest absolute Gasteiger partial charge is 0.242 e. The van der Waals surface area contributed by atoms with Crippen molar-refractivity contribution in [3.05, 3.63) is 46.2 Å². The number of hydrogen-bond donors (Lipinski definition) is 0. The summed E-state index contributed by atoms with van der Waals surface area (Å²) in [5.74, 6) is 0. The van der Waals surface area contributed by atoms with Crippen LogP contribution in [0.2, 0.25) is 5.15 Å². The molecular weight excluding hydrogens is 416 g/mol. The van der Waals surface area contributed by atoms with E-state index >= 15 is 0 Å². The van der Waals surface area contributed by atoms with Crippen molar-refractivity contribution >= 4 is 68.7 Å². The second-order valence-corrected chi connectivity index (χ2v) is 10.2. The molecule has 3 aromatic rings. The van der Waals surface area contributed by atoms with Gasteiger partial charge in [-0.1, -0.05) is 23.7 Å². The summed E-state index contributed by atoms with van der Waals surface area (Å²) in [7, 11) is -2.87. The van der Waals surface area contributed by atoms with Gasteiger partial charge in [0.2, 0.25) is 8.87 Å². The number of hydrogen-bond acceptors (Lipinski definition) is 6. The van der Waals surface area contributed by atoms with E-state index in [-0.39, 0.29) is 10.0 Å². The van der Waals surface area contributed by atoms with Gasteiger partial charge in [-0.25, -0.2) is 18.4 Å². The minimum Gasteiger partial charge on any atom is -0.242 e. The maximum atomic E-state index is 12.4. The normalized spacial score (nSPS) is 11.9. The van der Waals surface area contributed by atoms with Crippen molar-refractivity contribution < 1.29 is 8.42 Å². The lowest BCUT2D eigenvalue weighted by Crippen LogP contribution is -1.96. The molecule has 21 heavy (non-hydrogen) atoms. The molecule has 0 spiro atoms. The van der Waals surface area contributed by atoms with E-state index in [1.165, 1.54) is 23.6 Å². The van der Waals surface area contributed by atoms with Crippen molar-refractivity contribution in [2.45, 2.75) is 9.24 Å². The first-order valence-electron chi connectivity index (χ1n) is 5.57. The van der Waals surface area contributed by atoms with Crippen LogP contribution in [0.1, 0.15) is 0 Å². The van der Waals surface area contributed by atoms with E-state index in [0.717, 1.165) is 10.2 Å². The molecule has 1 aromatic carbocycles. The van der Waals surface area contributed by atoms with Gasteiger partial charge in [-0.2, -0.15) is 0 Å². The molecule has 0 amide bonds. The lowest BCUT2D eigenvalue weighted by molar-refractivity contribution is 0.610. The third kappa shape index (κ3) is 3.24. The van der Waals surface area contributed by atoms with Crippen LogP contribution in [0.15, 0.2) is 50.2 Å². The second-order valence-electron chi connectivity index (χ2n) is 3.93. The number of fused-ring (bicyclic) bond motifs is 1. The Morgan fingerprint density at radius 1 is 1.29 bits per heavy atom. The number of para-hydroxylation sites is 1. The molecule has 9 heteroatoms. The Labute approximate surface area is 142 Å². The molecule has 108 valence electrons. The standard InChI is InChI=1S/C12H6BrClN2O2S3/c13-8-5-7(6-15-11(8)14)21(17,18)20-12-16-9-3-1-2-4-10(9)19-12/h1-6H. The van der Waals surface area contributed by atoms with Crippen LogP contribution in [-0.4, -0.2) is 18.4 Å². The van der Waals surface area contributed by atoms with Gasteiger partial charge < -0.3 is 0 Å². The monoisotopic (exact) mass is 420 g/mol. The summed E-state index contributed by atoms with van der Waals surface area (Å²) in [6, 6.07) is 8.95. The van der Waals surface area contributed by atoms with Crippen molar-refractivity contribution in [1.82, 2.24) is 9.97 Å². The molecular formula is C12H6BrClN2O2S3. The summed E-state index contributed by atoms with van der Waals surface area (Å²) in [6.07, 6.45) is 1.24. The summed E-state index contributed by atoms with van der Waals surface area (Å²) < 4.78 is 26.6. The van der Waals surface area contributed by atoms with Crippen LogP contribution in [0.3, 0.4) is 0 Å². The lowest BCUT2D eigenvalue weighted by Gasteiger charge is -2.02. The van der Waals surface area contributed by atoms with Crippen LogP contribution >= 0.6 is 49.7 Å². The van der Waals surface area contributed by atoms with E-state index in [1.807, 2.05) is 24.3 Å². The molecule has 0 radical (unpaired) electrons. The topological polar surface area (TPSA) is 59.9 Å². The van der Waals surface area contributed by atoms with Crippen molar-refractivity contribution in [3.63, 3.8) is 0 Å². The summed E-state index contributed by atoms with van der Waals surface area (Å²) in [5, 5.41) is 0.221. The van der Waals surface area contributed by atoms with Crippen LogP contribution in [0, 0.1) is 0 Å². The maximum Gasteiger partial charge on any atom is 0.238 e. The van der Waals surface area contributed by atoms with Crippen molar-refractivity contribution in [3.8, 4) is 0 Å². The fraction of sp³-hybridized carbons (Fsp3) is 0. The van der Waals surface area contributed by atoms with E-state index in [1.54, 1.807) is 0 Å². The summed E-state index contributed by atoms with van der Waals surface area (Å²) >= 11 is 10.3. The van der Waals surface area contributed by atoms with E-state index < -0.39 is 8.87 Å². The van der Waals surface area contributed by atoms with Gasteiger partial charge in [0.15, 0.2) is 4.34 Å². The summed E-state index contributed by atoms with van der Waals surface area (Å²) in [6.45, 7) is 0. The number of benzene rings is 1. The molecule has 0 aliphatic rings. The van der Waals surface area contributed by atoms with Gasteiger partial charge >= 0.3 is 0 Å². The van der Waals surface area contributed by atoms with Crippen molar-refractivity contribution in [1.29, 1.82) is 0 Å². The number of pyridine rings is 1. The van der Waals surface area contributed by atoms with Crippen molar-refractivity contribution in [2.75, 3.05) is 0 Å². The molecule has 2 heterocycles. The average Bonchev–Trinajstić information content (AvgIpc) is 2.82. The second kappa shape index (κ2) is 5.85. The number of nitrogens with zero attached hydrogens (tertiary/aromatic N) is 2. The fourth-order valence-electron chi connectivity index (χ4n) is 1.57. The van der Waals surface area contributed by atoms with Gasteiger partial charge in [0.1, 0.15) is 5.15 Å². The van der Waals surface area contributed by atoms with Gasteiger partial charge in [-0.15, -0.1) is 11.3 Å². The van der Waals surface area contributed by atoms with E-state index in [2.05, 4.69) is 25.9 Å². The highest BCUT2D eigenvalue weighted by Gasteiger charge is 2.20. The predicted molar refractivity (Wildman–Crippen MR) is 89.6 cm³/mol. The minimum atomic E-state index is -3.59. The Kier molecular flexibility index (Phi) is 4.24. The molecule has 2 aromatic heterocycles. The first-order valence-corrected chi connectivity index (χ1v) is 10.4. The highest BCUT2D eigenvalue weighted by molar-refractivity contribution is 9.10. The molecule has 0 N–H and O–H groups in total. The van der Waals surface area contributed by atoms with E-state index in [4.69, 9.17) is 11.6 Å². The highest BCUT2D eigenvalue weighted by atomic mass is 79.9. The Morgan fingerprint density at radius 2 is 2.05 bits per heavy atom. The minimum absolute atomic E-state index is 0.0861. The van der Waals surface area contributed by atoms with Crippen LogP contribution in [0.25, 0.3) is 10.2 Å². The van der Waals surface area contributed by atoms with Gasteiger partial charge in [0, 0.05) is 17.0 Å². The zero-order valence-electron chi connectivity index (χ0n) is 10.2. The van der Waals surface area contributed by atoms with Crippen LogP contribution < -0.4 is 0 Å². The Morgan fingerprint density at radius 3 is 2.76 bits per heavy atom. The lowest BCUT2D eigenvalue weighted by atomic mass is 10.3. The molecule has 0 fully saturated rings. The van der Waals surface area contributed by atoms with Crippen LogP contribution in [0.5, 0.6) is 0 Å². The van der Waals surface area contributed by atoms with Crippen molar-refractivity contribution in [2.24, 2.45) is 0 Å². The summed E-state index contributed by atoms with van der Waals surface area (Å²) in [5.41, 5.74) is 0.788. The molecule has 0 saturated heterocycles. The predicted octanol–water partition coefficient (Wildman–Crippen LogP) is 4.59. The molecule has 4 nitrogen and oxygen atoms in total. The molecule has 0 unspecified atom stereocenters. The van der Waals surface area contributed by atoms with Crippen LogP contribution in [0.4, 0.5) is 0 Å². The summed E-state index contributed by atoms with van der Waals surface area (Å²) in [4.78, 5) is 8.23. The molecule has 3 rings (SSSR count). The molecule has 0 aliphatic heterocycles. The molecule has 0 saturated carbocycles. The van der Waals surface area contributed by atoms with Gasteiger partial charge in [0.25, 0.3) is 0 Å². The third-order valence-electron chi connectivity index (χ3n) is 2.52. The third-order valence-corrected chi connectivity index (χ3v) is 8.26. The van der Waals surface area contributed by atoms with Gasteiger partial charge in [0.05, 0.1) is 19.6 Å². The zero-order valence-corrected chi connectivity index (χ0v) is 14.9. The van der Waals surface area contributed by atoms with E-state index in [9.17, 15) is 8.42 Å².